The topological polar surface area (TPSA) is 117 Å². The Bertz CT molecular complexity index is 1280. The Balaban J connectivity index is 4.13. The summed E-state index contributed by atoms with van der Waals surface area (Å²) < 4.78 is 33.4. The van der Waals surface area contributed by atoms with Crippen LogP contribution in [0.5, 0.6) is 0 Å². The van der Waals surface area contributed by atoms with Crippen LogP contribution < -0.4 is 5.73 Å². The van der Waals surface area contributed by atoms with Gasteiger partial charge < -0.3 is 20.1 Å². The Morgan fingerprint density at radius 2 is 0.933 bits per heavy atom. The minimum atomic E-state index is -4.30. The number of unbranched alkanes of at least 4 members (excludes halogenated alkanes) is 12. The second kappa shape index (κ2) is 47.2. The molecule has 0 aliphatic heterocycles. The number of allylic oxidation sites excluding steroid dienone is 18. The third-order valence-electron chi connectivity index (χ3n) is 9.17. The molecule has 0 bridgehead atoms. The summed E-state index contributed by atoms with van der Waals surface area (Å²) in [7, 11) is -4.30. The molecule has 0 aromatic rings. The van der Waals surface area contributed by atoms with E-state index in [1.807, 2.05) is 0 Å². The van der Waals surface area contributed by atoms with Crippen molar-refractivity contribution >= 4 is 13.8 Å². The summed E-state index contributed by atoms with van der Waals surface area (Å²) in [5, 5.41) is 0. The quantitative estimate of drug-likeness (QED) is 0.0269. The Labute approximate surface area is 367 Å². The summed E-state index contributed by atoms with van der Waals surface area (Å²) in [5.74, 6) is -0.371. The summed E-state index contributed by atoms with van der Waals surface area (Å²) in [4.78, 5) is 22.5. The molecule has 2 atom stereocenters. The van der Waals surface area contributed by atoms with Gasteiger partial charge in [-0.3, -0.25) is 13.8 Å². The molecule has 2 unspecified atom stereocenters. The molecule has 0 radical (unpaired) electrons. The lowest BCUT2D eigenvalue weighted by Gasteiger charge is -2.20. The van der Waals surface area contributed by atoms with Crippen LogP contribution in [0.3, 0.4) is 0 Å². The monoisotopic (exact) mass is 856 g/mol. The lowest BCUT2D eigenvalue weighted by atomic mass is 10.1. The molecule has 60 heavy (non-hydrogen) atoms. The lowest BCUT2D eigenvalue weighted by molar-refractivity contribution is -0.154. The van der Waals surface area contributed by atoms with Gasteiger partial charge in [-0.1, -0.05) is 168 Å². The summed E-state index contributed by atoms with van der Waals surface area (Å²) >= 11 is 0. The highest BCUT2D eigenvalue weighted by molar-refractivity contribution is 7.47. The van der Waals surface area contributed by atoms with Crippen LogP contribution in [0.15, 0.2) is 109 Å². The zero-order chi connectivity index (χ0) is 43.7. The fraction of sp³-hybridized carbons (Fsp3) is 0.627. The van der Waals surface area contributed by atoms with Crippen LogP contribution in [-0.4, -0.2) is 49.9 Å². The number of rotatable bonds is 43. The molecule has 0 rings (SSSR count). The van der Waals surface area contributed by atoms with Gasteiger partial charge in [0.1, 0.15) is 6.10 Å². The fourth-order valence-electron chi connectivity index (χ4n) is 5.77. The van der Waals surface area contributed by atoms with Crippen LogP contribution in [0.25, 0.3) is 0 Å². The minimum Gasteiger partial charge on any atom is -0.457 e. The number of carbonyl (C=O) groups is 1. The first-order chi connectivity index (χ1) is 29.4. The van der Waals surface area contributed by atoms with E-state index in [1.54, 1.807) is 0 Å². The van der Waals surface area contributed by atoms with Gasteiger partial charge in [0.2, 0.25) is 0 Å². The van der Waals surface area contributed by atoms with Crippen molar-refractivity contribution in [2.24, 2.45) is 5.73 Å². The molecule has 0 amide bonds. The van der Waals surface area contributed by atoms with Gasteiger partial charge in [-0.25, -0.2) is 4.57 Å². The maximum atomic E-state index is 12.6. The number of nitrogens with two attached hydrogens (primary N) is 1. The summed E-state index contributed by atoms with van der Waals surface area (Å²) in [6.45, 7) is 4.68. The standard InChI is InChI=1S/C51H86NO7P/c1-3-5-7-9-11-13-15-17-19-21-22-23-24-25-26-27-28-29-30-32-34-36-38-40-42-44-51(53)59-50(49-58-60(54,55)57-47-45-52)48-56-46-43-41-39-37-35-33-31-20-18-16-14-12-10-8-6-4-2/h5,7,11-14,17-20,22-23,25-26,28-29,32,34,50H,3-4,6,8-10,15-16,21,24,27,30-31,33,35-49,52H2,1-2H3,(H,54,55)/b7-5-,13-11-,14-12-,19-17-,20-18-,23-22-,26-25-,29-28-,34-32-. The van der Waals surface area contributed by atoms with Crippen LogP contribution >= 0.6 is 7.82 Å². The van der Waals surface area contributed by atoms with Crippen LogP contribution in [0.1, 0.15) is 168 Å². The van der Waals surface area contributed by atoms with Crippen molar-refractivity contribution in [3.63, 3.8) is 0 Å². The first-order valence-corrected chi connectivity index (χ1v) is 24.9. The molecule has 0 aliphatic rings. The van der Waals surface area contributed by atoms with Crippen molar-refractivity contribution in [1.82, 2.24) is 0 Å². The van der Waals surface area contributed by atoms with E-state index in [9.17, 15) is 14.3 Å². The van der Waals surface area contributed by atoms with Crippen molar-refractivity contribution in [2.75, 3.05) is 33.0 Å². The van der Waals surface area contributed by atoms with E-state index in [4.69, 9.17) is 24.3 Å². The Kier molecular flexibility index (Phi) is 45.0. The van der Waals surface area contributed by atoms with E-state index < -0.39 is 13.9 Å². The van der Waals surface area contributed by atoms with E-state index >= 15 is 0 Å². The highest BCUT2D eigenvalue weighted by Crippen LogP contribution is 2.43. The molecule has 3 N–H and O–H groups in total. The van der Waals surface area contributed by atoms with Gasteiger partial charge in [0, 0.05) is 19.6 Å². The second-order valence-corrected chi connectivity index (χ2v) is 16.3. The van der Waals surface area contributed by atoms with Crippen LogP contribution in [0.4, 0.5) is 0 Å². The largest absolute Gasteiger partial charge is 0.472 e. The van der Waals surface area contributed by atoms with Crippen molar-refractivity contribution in [3.05, 3.63) is 109 Å². The fourth-order valence-corrected chi connectivity index (χ4v) is 6.53. The SMILES string of the molecule is CC/C=C\C/C=C\C/C=C\C/C=C\C/C=C\C/C=C\C/C=C\CCCCCC(=O)OC(COCCCCCCCC/C=C\C/C=C\CCCCC)COP(=O)(O)OCCN. The van der Waals surface area contributed by atoms with Crippen LogP contribution in [0, 0.1) is 0 Å². The molecular formula is C51H86NO7P. The molecule has 0 spiro atoms. The molecule has 0 heterocycles. The predicted octanol–water partition coefficient (Wildman–Crippen LogP) is 14.4. The minimum absolute atomic E-state index is 0.0862. The molecular weight excluding hydrogens is 770 g/mol. The molecule has 8 nitrogen and oxygen atoms in total. The molecule has 0 aromatic carbocycles. The lowest BCUT2D eigenvalue weighted by Crippen LogP contribution is -2.28. The summed E-state index contributed by atoms with van der Waals surface area (Å²) in [5.41, 5.74) is 5.37. The van der Waals surface area contributed by atoms with E-state index in [1.165, 1.54) is 44.9 Å². The smallest absolute Gasteiger partial charge is 0.457 e. The number of phosphoric ester groups is 1. The van der Waals surface area contributed by atoms with E-state index in [0.29, 0.717) is 13.0 Å². The summed E-state index contributed by atoms with van der Waals surface area (Å²) in [6, 6.07) is 0. The zero-order valence-electron chi connectivity index (χ0n) is 37.9. The van der Waals surface area contributed by atoms with Gasteiger partial charge in [0.15, 0.2) is 0 Å². The normalized spacial score (nSPS) is 14.4. The van der Waals surface area contributed by atoms with Gasteiger partial charge in [-0.2, -0.15) is 0 Å². The van der Waals surface area contributed by atoms with Crippen LogP contribution in [-0.2, 0) is 27.9 Å². The summed E-state index contributed by atoms with van der Waals surface area (Å²) in [6.07, 6.45) is 64.0. The Morgan fingerprint density at radius 1 is 0.517 bits per heavy atom. The third kappa shape index (κ3) is 46.2. The number of esters is 1. The zero-order valence-corrected chi connectivity index (χ0v) is 38.8. The molecule has 0 aliphatic carbocycles. The molecule has 0 aromatic heterocycles. The maximum absolute atomic E-state index is 12.6. The second-order valence-electron chi connectivity index (χ2n) is 14.9. The highest BCUT2D eigenvalue weighted by atomic mass is 31.2. The molecule has 0 saturated heterocycles. The number of ether oxygens (including phenoxy) is 2. The van der Waals surface area contributed by atoms with Gasteiger partial charge in [0.25, 0.3) is 0 Å². The average Bonchev–Trinajstić information content (AvgIpc) is 3.24. The number of carbonyl (C=O) groups excluding carboxylic acids is 1. The third-order valence-corrected chi connectivity index (χ3v) is 10.2. The number of hydrogen-bond acceptors (Lipinski definition) is 7. The molecule has 0 saturated carbocycles. The number of phosphoric acid groups is 1. The van der Waals surface area contributed by atoms with E-state index in [2.05, 4.69) is 123 Å². The van der Waals surface area contributed by atoms with Crippen molar-refractivity contribution < 1.29 is 32.8 Å². The van der Waals surface area contributed by atoms with Gasteiger partial charge in [-0.15, -0.1) is 0 Å². The van der Waals surface area contributed by atoms with E-state index in [0.717, 1.165) is 96.3 Å². The Hall–Kier alpha value is -2.84. The molecule has 342 valence electrons. The first-order valence-electron chi connectivity index (χ1n) is 23.4. The van der Waals surface area contributed by atoms with Crippen molar-refractivity contribution in [3.8, 4) is 0 Å². The molecule has 9 heteroatoms. The van der Waals surface area contributed by atoms with Crippen molar-refractivity contribution in [1.29, 1.82) is 0 Å². The highest BCUT2D eigenvalue weighted by Gasteiger charge is 2.25. The first kappa shape index (κ1) is 57.2. The predicted molar refractivity (Wildman–Crippen MR) is 256 cm³/mol. The van der Waals surface area contributed by atoms with Crippen molar-refractivity contribution in [2.45, 2.75) is 174 Å². The average molecular weight is 856 g/mol. The Morgan fingerprint density at radius 3 is 1.40 bits per heavy atom. The van der Waals surface area contributed by atoms with Gasteiger partial charge in [-0.05, 0) is 103 Å². The number of hydrogen-bond donors (Lipinski definition) is 2. The molecule has 0 fully saturated rings. The van der Waals surface area contributed by atoms with Gasteiger partial charge >= 0.3 is 13.8 Å². The van der Waals surface area contributed by atoms with Crippen LogP contribution in [0.2, 0.25) is 0 Å². The maximum Gasteiger partial charge on any atom is 0.472 e. The van der Waals surface area contributed by atoms with E-state index in [-0.39, 0.29) is 38.8 Å². The van der Waals surface area contributed by atoms with Gasteiger partial charge in [0.05, 0.1) is 19.8 Å².